The van der Waals surface area contributed by atoms with Gasteiger partial charge in [-0.15, -0.1) is 0 Å². The third-order valence-corrected chi connectivity index (χ3v) is 4.19. The Kier molecular flexibility index (Phi) is 3.88. The number of aliphatic hydroxyl groups is 1. The number of aryl methyl sites for hydroxylation is 1. The zero-order valence-electron chi connectivity index (χ0n) is 12.0. The highest BCUT2D eigenvalue weighted by atomic mass is 16.5. The second kappa shape index (κ2) is 5.81. The van der Waals surface area contributed by atoms with E-state index < -0.39 is 6.10 Å². The minimum Gasteiger partial charge on any atom is -0.391 e. The molecule has 2 aromatic heterocycles. The summed E-state index contributed by atoms with van der Waals surface area (Å²) in [5.74, 6) is 0.0771. The van der Waals surface area contributed by atoms with Crippen LogP contribution in [0.1, 0.15) is 41.7 Å². The zero-order chi connectivity index (χ0) is 14.8. The SMILES string of the molecule is Cc1noc2ncc(C(=O)NCC(O)C3CCCC3)cc12. The Bertz CT molecular complexity index is 647. The minimum absolute atomic E-state index is 0.234. The number of nitrogens with zero attached hydrogens (tertiary/aromatic N) is 2. The first kappa shape index (κ1) is 14.0. The van der Waals surface area contributed by atoms with Crippen molar-refractivity contribution in [2.45, 2.75) is 38.7 Å². The number of hydrogen-bond donors (Lipinski definition) is 2. The molecule has 1 fully saturated rings. The van der Waals surface area contributed by atoms with Gasteiger partial charge < -0.3 is 14.9 Å². The molecule has 0 radical (unpaired) electrons. The Balaban J connectivity index is 1.64. The summed E-state index contributed by atoms with van der Waals surface area (Å²) in [5.41, 5.74) is 1.58. The van der Waals surface area contributed by atoms with E-state index >= 15 is 0 Å². The molecule has 1 aliphatic rings. The fourth-order valence-corrected chi connectivity index (χ4v) is 2.88. The normalized spacial score (nSPS) is 17.2. The van der Waals surface area contributed by atoms with Crippen LogP contribution in [-0.4, -0.2) is 33.8 Å². The third kappa shape index (κ3) is 2.90. The van der Waals surface area contributed by atoms with Gasteiger partial charge in [0, 0.05) is 12.7 Å². The fraction of sp³-hybridized carbons (Fsp3) is 0.533. The Labute approximate surface area is 122 Å². The minimum atomic E-state index is -0.467. The third-order valence-electron chi connectivity index (χ3n) is 4.19. The highest BCUT2D eigenvalue weighted by Gasteiger charge is 2.23. The van der Waals surface area contributed by atoms with Gasteiger partial charge in [0.1, 0.15) is 0 Å². The molecule has 2 aromatic rings. The lowest BCUT2D eigenvalue weighted by atomic mass is 10.0. The molecular weight excluding hydrogens is 270 g/mol. The van der Waals surface area contributed by atoms with Crippen molar-refractivity contribution in [1.29, 1.82) is 0 Å². The number of amides is 1. The van der Waals surface area contributed by atoms with Gasteiger partial charge in [0.25, 0.3) is 11.6 Å². The molecule has 1 amide bonds. The van der Waals surface area contributed by atoms with E-state index in [9.17, 15) is 9.90 Å². The van der Waals surface area contributed by atoms with Crippen molar-refractivity contribution in [2.24, 2.45) is 5.92 Å². The van der Waals surface area contributed by atoms with Gasteiger partial charge >= 0.3 is 0 Å². The average Bonchev–Trinajstić information content (AvgIpc) is 3.14. The summed E-state index contributed by atoms with van der Waals surface area (Å²) in [6, 6.07) is 1.71. The average molecular weight is 289 g/mol. The van der Waals surface area contributed by atoms with E-state index in [1.807, 2.05) is 0 Å². The van der Waals surface area contributed by atoms with Gasteiger partial charge in [0.2, 0.25) is 0 Å². The molecule has 0 aliphatic heterocycles. The van der Waals surface area contributed by atoms with E-state index in [2.05, 4.69) is 15.5 Å². The number of carbonyl (C=O) groups excluding carboxylic acids is 1. The molecule has 0 saturated heterocycles. The van der Waals surface area contributed by atoms with E-state index in [0.29, 0.717) is 22.9 Å². The molecule has 1 aliphatic carbocycles. The molecule has 112 valence electrons. The molecule has 3 rings (SSSR count). The largest absolute Gasteiger partial charge is 0.391 e. The van der Waals surface area contributed by atoms with Crippen molar-refractivity contribution in [1.82, 2.24) is 15.5 Å². The first-order valence-electron chi connectivity index (χ1n) is 7.33. The maximum atomic E-state index is 12.1. The molecular formula is C15H19N3O3. The van der Waals surface area contributed by atoms with Gasteiger partial charge in [-0.1, -0.05) is 18.0 Å². The van der Waals surface area contributed by atoms with E-state index in [1.165, 1.54) is 19.0 Å². The second-order valence-electron chi connectivity index (χ2n) is 5.67. The van der Waals surface area contributed by atoms with Crippen LogP contribution in [0.2, 0.25) is 0 Å². The monoisotopic (exact) mass is 289 g/mol. The molecule has 1 atom stereocenters. The van der Waals surface area contributed by atoms with Crippen LogP contribution in [0.3, 0.4) is 0 Å². The van der Waals surface area contributed by atoms with E-state index in [4.69, 9.17) is 4.52 Å². The van der Waals surface area contributed by atoms with Crippen molar-refractivity contribution in [3.05, 3.63) is 23.5 Å². The summed E-state index contributed by atoms with van der Waals surface area (Å²) < 4.78 is 5.02. The second-order valence-corrected chi connectivity index (χ2v) is 5.67. The first-order valence-corrected chi connectivity index (χ1v) is 7.33. The van der Waals surface area contributed by atoms with Gasteiger partial charge in [0.15, 0.2) is 0 Å². The lowest BCUT2D eigenvalue weighted by Gasteiger charge is -2.17. The van der Waals surface area contributed by atoms with Crippen LogP contribution in [0, 0.1) is 12.8 Å². The summed E-state index contributed by atoms with van der Waals surface area (Å²) in [5, 5.41) is 17.4. The van der Waals surface area contributed by atoms with Crippen LogP contribution in [0.15, 0.2) is 16.8 Å². The fourth-order valence-electron chi connectivity index (χ4n) is 2.88. The van der Waals surface area contributed by atoms with Crippen molar-refractivity contribution >= 4 is 17.0 Å². The Hall–Kier alpha value is -1.95. The van der Waals surface area contributed by atoms with Crippen molar-refractivity contribution in [3.8, 4) is 0 Å². The Morgan fingerprint density at radius 3 is 3.05 bits per heavy atom. The predicted molar refractivity (Wildman–Crippen MR) is 76.8 cm³/mol. The van der Waals surface area contributed by atoms with Gasteiger partial charge in [-0.3, -0.25) is 4.79 Å². The molecule has 6 nitrogen and oxygen atoms in total. The van der Waals surface area contributed by atoms with Crippen LogP contribution in [0.25, 0.3) is 11.1 Å². The van der Waals surface area contributed by atoms with E-state index in [-0.39, 0.29) is 12.5 Å². The number of carbonyl (C=O) groups is 1. The quantitative estimate of drug-likeness (QED) is 0.896. The molecule has 1 unspecified atom stereocenters. The molecule has 1 saturated carbocycles. The summed E-state index contributed by atoms with van der Waals surface area (Å²) in [7, 11) is 0. The number of nitrogens with one attached hydrogen (secondary N) is 1. The van der Waals surface area contributed by atoms with Crippen molar-refractivity contribution in [3.63, 3.8) is 0 Å². The summed E-state index contributed by atoms with van der Waals surface area (Å²) in [4.78, 5) is 16.2. The van der Waals surface area contributed by atoms with Crippen LogP contribution < -0.4 is 5.32 Å². The molecule has 21 heavy (non-hydrogen) atoms. The lowest BCUT2D eigenvalue weighted by molar-refractivity contribution is 0.0840. The van der Waals surface area contributed by atoms with E-state index in [0.717, 1.165) is 18.2 Å². The van der Waals surface area contributed by atoms with Gasteiger partial charge in [-0.05, 0) is 31.7 Å². The van der Waals surface area contributed by atoms with Gasteiger partial charge in [0.05, 0.1) is 22.7 Å². The topological polar surface area (TPSA) is 88.2 Å². The Morgan fingerprint density at radius 1 is 1.52 bits per heavy atom. The summed E-state index contributed by atoms with van der Waals surface area (Å²) in [6.07, 6.45) is 5.43. The van der Waals surface area contributed by atoms with Crippen LogP contribution in [0.5, 0.6) is 0 Å². The highest BCUT2D eigenvalue weighted by Crippen LogP contribution is 2.27. The van der Waals surface area contributed by atoms with Crippen LogP contribution in [-0.2, 0) is 0 Å². The predicted octanol–water partition coefficient (Wildman–Crippen LogP) is 1.81. The molecule has 0 spiro atoms. The van der Waals surface area contributed by atoms with E-state index in [1.54, 1.807) is 13.0 Å². The molecule has 0 bridgehead atoms. The molecule has 0 aromatic carbocycles. The summed E-state index contributed by atoms with van der Waals surface area (Å²) in [6.45, 7) is 2.09. The zero-order valence-corrected chi connectivity index (χ0v) is 12.0. The smallest absolute Gasteiger partial charge is 0.257 e. The van der Waals surface area contributed by atoms with Gasteiger partial charge in [-0.25, -0.2) is 4.98 Å². The maximum Gasteiger partial charge on any atom is 0.257 e. The standard InChI is InChI=1S/C15H19N3O3/c1-9-12-6-11(7-17-15(12)21-18-9)14(20)16-8-13(19)10-4-2-3-5-10/h6-7,10,13,19H,2-5,8H2,1H3,(H,16,20). The van der Waals surface area contributed by atoms with Crippen molar-refractivity contribution < 1.29 is 14.4 Å². The molecule has 2 N–H and O–H groups in total. The lowest BCUT2D eigenvalue weighted by Crippen LogP contribution is -2.35. The molecule has 6 heteroatoms. The van der Waals surface area contributed by atoms with Gasteiger partial charge in [-0.2, -0.15) is 0 Å². The number of pyridine rings is 1. The number of aliphatic hydroxyl groups excluding tert-OH is 1. The number of hydrogen-bond acceptors (Lipinski definition) is 5. The maximum absolute atomic E-state index is 12.1. The first-order chi connectivity index (χ1) is 10.1. The van der Waals surface area contributed by atoms with Crippen LogP contribution in [0.4, 0.5) is 0 Å². The van der Waals surface area contributed by atoms with Crippen LogP contribution >= 0.6 is 0 Å². The number of rotatable bonds is 4. The molecule has 2 heterocycles. The van der Waals surface area contributed by atoms with Crippen molar-refractivity contribution in [2.75, 3.05) is 6.54 Å². The highest BCUT2D eigenvalue weighted by molar-refractivity contribution is 5.96. The number of aromatic nitrogens is 2. The Morgan fingerprint density at radius 2 is 2.29 bits per heavy atom. The number of fused-ring (bicyclic) bond motifs is 1. The summed E-state index contributed by atoms with van der Waals surface area (Å²) >= 11 is 0.